The van der Waals surface area contributed by atoms with Gasteiger partial charge >= 0.3 is 0 Å². The molecule has 1 aliphatic rings. The number of hydrogen-bond acceptors (Lipinski definition) is 3. The van der Waals surface area contributed by atoms with Gasteiger partial charge in [0.05, 0.1) is 5.69 Å². The van der Waals surface area contributed by atoms with Crippen molar-refractivity contribution in [2.24, 2.45) is 12.5 Å². The van der Waals surface area contributed by atoms with Gasteiger partial charge in [-0.15, -0.1) is 5.10 Å². The minimum Gasteiger partial charge on any atom is -0.303 e. The van der Waals surface area contributed by atoms with Gasteiger partial charge < -0.3 is 4.79 Å². The first kappa shape index (κ1) is 7.46. The molecule has 0 aromatic carbocycles. The maximum Gasteiger partial charge on any atom is 0.126 e. The molecule has 0 atom stereocenters. The summed E-state index contributed by atoms with van der Waals surface area (Å²) in [4.78, 5) is 10.6. The molecule has 1 heterocycles. The number of aryl methyl sites for hydroxylation is 1. The molecule has 0 radical (unpaired) electrons. The van der Waals surface area contributed by atoms with Crippen LogP contribution >= 0.6 is 0 Å². The number of carbonyl (C=O) groups is 1. The van der Waals surface area contributed by atoms with Crippen molar-refractivity contribution in [3.8, 4) is 0 Å². The van der Waals surface area contributed by atoms with E-state index in [9.17, 15) is 4.79 Å². The van der Waals surface area contributed by atoms with Gasteiger partial charge in [-0.2, -0.15) is 0 Å². The summed E-state index contributed by atoms with van der Waals surface area (Å²) >= 11 is 0. The first-order valence-electron chi connectivity index (χ1n) is 4.06. The van der Waals surface area contributed by atoms with Crippen molar-refractivity contribution in [2.75, 3.05) is 0 Å². The smallest absolute Gasteiger partial charge is 0.126 e. The lowest BCUT2D eigenvalue weighted by Gasteiger charge is -2.00. The summed E-state index contributed by atoms with van der Waals surface area (Å²) in [5, 5.41) is 7.76. The van der Waals surface area contributed by atoms with E-state index in [1.165, 1.54) is 0 Å². The zero-order chi connectivity index (χ0) is 8.60. The fraction of sp³-hybridized carbons (Fsp3) is 0.625. The SMILES string of the molecule is Cn1cc(CC2(C=O)CC2)nn1. The van der Waals surface area contributed by atoms with Crippen LogP contribution in [0, 0.1) is 5.41 Å². The molecule has 1 aromatic rings. The van der Waals surface area contributed by atoms with Crippen LogP contribution in [-0.4, -0.2) is 21.3 Å². The van der Waals surface area contributed by atoms with Gasteiger partial charge in [0.1, 0.15) is 6.29 Å². The highest BCUT2D eigenvalue weighted by atomic mass is 16.1. The Labute approximate surface area is 70.6 Å². The van der Waals surface area contributed by atoms with Crippen LogP contribution in [0.2, 0.25) is 0 Å². The van der Waals surface area contributed by atoms with Crippen LogP contribution in [0.1, 0.15) is 18.5 Å². The number of nitrogens with zero attached hydrogens (tertiary/aromatic N) is 3. The standard InChI is InChI=1S/C8H11N3O/c1-11-5-7(9-10-11)4-8(6-12)2-3-8/h5-6H,2-4H2,1H3. The molecule has 4 heteroatoms. The zero-order valence-electron chi connectivity index (χ0n) is 7.03. The van der Waals surface area contributed by atoms with E-state index in [2.05, 4.69) is 10.3 Å². The molecule has 0 saturated heterocycles. The molecule has 1 aromatic heterocycles. The summed E-state index contributed by atoms with van der Waals surface area (Å²) < 4.78 is 1.66. The molecule has 0 aliphatic heterocycles. The van der Waals surface area contributed by atoms with Crippen molar-refractivity contribution >= 4 is 6.29 Å². The molecular weight excluding hydrogens is 154 g/mol. The van der Waals surface area contributed by atoms with Crippen molar-refractivity contribution in [1.82, 2.24) is 15.0 Å². The normalized spacial score (nSPS) is 19.1. The summed E-state index contributed by atoms with van der Waals surface area (Å²) in [7, 11) is 1.83. The fourth-order valence-electron chi connectivity index (χ4n) is 1.33. The second-order valence-corrected chi connectivity index (χ2v) is 3.54. The van der Waals surface area contributed by atoms with E-state index in [1.54, 1.807) is 4.68 Å². The van der Waals surface area contributed by atoms with Crippen molar-refractivity contribution in [1.29, 1.82) is 0 Å². The number of rotatable bonds is 3. The predicted molar refractivity (Wildman–Crippen MR) is 42.4 cm³/mol. The Morgan fingerprint density at radius 1 is 1.75 bits per heavy atom. The third-order valence-electron chi connectivity index (χ3n) is 2.33. The van der Waals surface area contributed by atoms with Crippen LogP contribution in [0.5, 0.6) is 0 Å². The quantitative estimate of drug-likeness (QED) is 0.607. The van der Waals surface area contributed by atoms with Crippen LogP contribution in [0.15, 0.2) is 6.20 Å². The Balaban J connectivity index is 2.08. The van der Waals surface area contributed by atoms with Crippen molar-refractivity contribution in [2.45, 2.75) is 19.3 Å². The number of carbonyl (C=O) groups excluding carboxylic acids is 1. The van der Waals surface area contributed by atoms with Crippen LogP contribution in [0.3, 0.4) is 0 Å². The van der Waals surface area contributed by atoms with Crippen LogP contribution in [-0.2, 0) is 18.3 Å². The van der Waals surface area contributed by atoms with Gasteiger partial charge in [0.25, 0.3) is 0 Å². The van der Waals surface area contributed by atoms with Gasteiger partial charge in [0.2, 0.25) is 0 Å². The van der Waals surface area contributed by atoms with Crippen LogP contribution < -0.4 is 0 Å². The molecule has 0 unspecified atom stereocenters. The van der Waals surface area contributed by atoms with Gasteiger partial charge in [-0.25, -0.2) is 0 Å². The first-order valence-corrected chi connectivity index (χ1v) is 4.06. The molecule has 12 heavy (non-hydrogen) atoms. The minimum atomic E-state index is -0.0873. The summed E-state index contributed by atoms with van der Waals surface area (Å²) in [5.74, 6) is 0. The maximum absolute atomic E-state index is 10.6. The first-order chi connectivity index (χ1) is 5.74. The van der Waals surface area contributed by atoms with E-state index in [1.807, 2.05) is 13.2 Å². The third kappa shape index (κ3) is 1.24. The predicted octanol–water partition coefficient (Wildman–Crippen LogP) is 0.337. The van der Waals surface area contributed by atoms with Gasteiger partial charge in [-0.05, 0) is 12.8 Å². The van der Waals surface area contributed by atoms with E-state index in [0.29, 0.717) is 0 Å². The lowest BCUT2D eigenvalue weighted by Crippen LogP contribution is -2.06. The lowest BCUT2D eigenvalue weighted by molar-refractivity contribution is -0.112. The summed E-state index contributed by atoms with van der Waals surface area (Å²) in [6, 6.07) is 0. The molecule has 0 bridgehead atoms. The van der Waals surface area contributed by atoms with Crippen molar-refractivity contribution in [3.05, 3.63) is 11.9 Å². The summed E-state index contributed by atoms with van der Waals surface area (Å²) in [5.41, 5.74) is 0.831. The molecule has 1 fully saturated rings. The third-order valence-corrected chi connectivity index (χ3v) is 2.33. The van der Waals surface area contributed by atoms with Gasteiger partial charge in [0, 0.05) is 25.1 Å². The lowest BCUT2D eigenvalue weighted by atomic mass is 10.0. The average molecular weight is 165 g/mol. The Kier molecular flexibility index (Phi) is 1.49. The number of aldehydes is 1. The van der Waals surface area contributed by atoms with E-state index >= 15 is 0 Å². The van der Waals surface area contributed by atoms with Crippen molar-refractivity contribution in [3.63, 3.8) is 0 Å². The Morgan fingerprint density at radius 2 is 2.50 bits per heavy atom. The highest BCUT2D eigenvalue weighted by Crippen LogP contribution is 2.45. The zero-order valence-corrected chi connectivity index (χ0v) is 7.03. The average Bonchev–Trinajstić information content (AvgIpc) is 2.71. The molecule has 0 spiro atoms. The Bertz CT molecular complexity index is 301. The number of aromatic nitrogens is 3. The second-order valence-electron chi connectivity index (χ2n) is 3.54. The van der Waals surface area contributed by atoms with E-state index in [0.717, 1.165) is 31.2 Å². The second kappa shape index (κ2) is 2.40. The van der Waals surface area contributed by atoms with E-state index in [-0.39, 0.29) is 5.41 Å². The topological polar surface area (TPSA) is 47.8 Å². The highest BCUT2D eigenvalue weighted by molar-refractivity contribution is 5.63. The van der Waals surface area contributed by atoms with Crippen molar-refractivity contribution < 1.29 is 4.79 Å². The molecular formula is C8H11N3O. The molecule has 0 amide bonds. The molecule has 4 nitrogen and oxygen atoms in total. The Hall–Kier alpha value is -1.19. The van der Waals surface area contributed by atoms with E-state index < -0.39 is 0 Å². The number of hydrogen-bond donors (Lipinski definition) is 0. The van der Waals surface area contributed by atoms with Crippen LogP contribution in [0.4, 0.5) is 0 Å². The Morgan fingerprint density at radius 3 is 2.92 bits per heavy atom. The van der Waals surface area contributed by atoms with Gasteiger partial charge in [-0.3, -0.25) is 4.68 Å². The monoisotopic (exact) mass is 165 g/mol. The fourth-order valence-corrected chi connectivity index (χ4v) is 1.33. The molecule has 2 rings (SSSR count). The maximum atomic E-state index is 10.6. The summed E-state index contributed by atoms with van der Waals surface area (Å²) in [6.07, 6.45) is 5.69. The molecule has 1 saturated carbocycles. The largest absolute Gasteiger partial charge is 0.303 e. The van der Waals surface area contributed by atoms with Crippen LogP contribution in [0.25, 0.3) is 0 Å². The van der Waals surface area contributed by atoms with E-state index in [4.69, 9.17) is 0 Å². The molecule has 64 valence electrons. The van der Waals surface area contributed by atoms with Gasteiger partial charge in [-0.1, -0.05) is 5.21 Å². The summed E-state index contributed by atoms with van der Waals surface area (Å²) in [6.45, 7) is 0. The minimum absolute atomic E-state index is 0.0873. The van der Waals surface area contributed by atoms with Gasteiger partial charge in [0.15, 0.2) is 0 Å². The highest BCUT2D eigenvalue weighted by Gasteiger charge is 2.43. The molecule has 0 N–H and O–H groups in total. The molecule has 1 aliphatic carbocycles.